The first-order valence-electron chi connectivity index (χ1n) is 8.07. The summed E-state index contributed by atoms with van der Waals surface area (Å²) < 4.78 is 1.67. The standard InChI is InChI=1S/C17H21N5O2/c1-12(2)21-11-14(9-15(21)23)17(24)19-10-13-5-3-6-18-16(13)22-8-4-7-20-22/h3-8,12,14H,9-11H2,1-2H3,(H,19,24). The Morgan fingerprint density at radius 3 is 2.88 bits per heavy atom. The van der Waals surface area contributed by atoms with Gasteiger partial charge in [-0.15, -0.1) is 0 Å². The van der Waals surface area contributed by atoms with Crippen molar-refractivity contribution in [1.82, 2.24) is 25.0 Å². The number of amides is 2. The third-order valence-corrected chi connectivity index (χ3v) is 4.19. The molecule has 7 heteroatoms. The number of aromatic nitrogens is 3. The maximum absolute atomic E-state index is 12.4. The van der Waals surface area contributed by atoms with Crippen molar-refractivity contribution in [3.05, 3.63) is 42.4 Å². The van der Waals surface area contributed by atoms with Crippen molar-refractivity contribution in [2.75, 3.05) is 6.54 Å². The zero-order valence-corrected chi connectivity index (χ0v) is 13.8. The van der Waals surface area contributed by atoms with Crippen molar-refractivity contribution in [2.45, 2.75) is 32.9 Å². The van der Waals surface area contributed by atoms with Crippen LogP contribution in [0.3, 0.4) is 0 Å². The van der Waals surface area contributed by atoms with Gasteiger partial charge in [-0.1, -0.05) is 6.07 Å². The fourth-order valence-electron chi connectivity index (χ4n) is 2.90. The molecule has 0 aromatic carbocycles. The van der Waals surface area contributed by atoms with Crippen LogP contribution in [-0.4, -0.2) is 44.1 Å². The first kappa shape index (κ1) is 16.2. The van der Waals surface area contributed by atoms with Gasteiger partial charge in [0.15, 0.2) is 5.82 Å². The van der Waals surface area contributed by atoms with E-state index in [1.807, 2.05) is 38.2 Å². The Morgan fingerprint density at radius 1 is 1.38 bits per heavy atom. The molecule has 0 spiro atoms. The molecule has 3 rings (SSSR count). The third-order valence-electron chi connectivity index (χ3n) is 4.19. The molecule has 2 amide bonds. The minimum absolute atomic E-state index is 0.0451. The maximum Gasteiger partial charge on any atom is 0.225 e. The fraction of sp³-hybridized carbons (Fsp3) is 0.412. The van der Waals surface area contributed by atoms with Crippen LogP contribution in [0.5, 0.6) is 0 Å². The number of likely N-dealkylation sites (tertiary alicyclic amines) is 1. The fourth-order valence-corrected chi connectivity index (χ4v) is 2.90. The van der Waals surface area contributed by atoms with Gasteiger partial charge in [0.1, 0.15) is 0 Å². The molecule has 1 aliphatic rings. The van der Waals surface area contributed by atoms with Crippen LogP contribution in [0.1, 0.15) is 25.8 Å². The van der Waals surface area contributed by atoms with Crippen LogP contribution in [0.15, 0.2) is 36.8 Å². The summed E-state index contributed by atoms with van der Waals surface area (Å²) in [5.74, 6) is 0.351. The predicted molar refractivity (Wildman–Crippen MR) is 88.2 cm³/mol. The number of nitrogens with zero attached hydrogens (tertiary/aromatic N) is 4. The Bertz CT molecular complexity index is 726. The molecule has 24 heavy (non-hydrogen) atoms. The Morgan fingerprint density at radius 2 is 2.21 bits per heavy atom. The molecule has 1 atom stereocenters. The Labute approximate surface area is 140 Å². The molecule has 2 aromatic rings. The highest BCUT2D eigenvalue weighted by Gasteiger charge is 2.35. The Hall–Kier alpha value is -2.70. The summed E-state index contributed by atoms with van der Waals surface area (Å²) in [7, 11) is 0. The topological polar surface area (TPSA) is 80.1 Å². The molecule has 1 unspecified atom stereocenters. The molecule has 7 nitrogen and oxygen atoms in total. The molecule has 1 saturated heterocycles. The predicted octanol–water partition coefficient (Wildman–Crippen LogP) is 1.14. The second-order valence-corrected chi connectivity index (χ2v) is 6.20. The van der Waals surface area contributed by atoms with E-state index < -0.39 is 0 Å². The zero-order valence-electron chi connectivity index (χ0n) is 13.8. The number of rotatable bonds is 5. The molecule has 2 aromatic heterocycles. The van der Waals surface area contributed by atoms with Crippen molar-refractivity contribution in [3.8, 4) is 5.82 Å². The van der Waals surface area contributed by atoms with Crippen molar-refractivity contribution in [2.24, 2.45) is 5.92 Å². The Balaban J connectivity index is 1.65. The van der Waals surface area contributed by atoms with Crippen molar-refractivity contribution < 1.29 is 9.59 Å². The lowest BCUT2D eigenvalue weighted by Crippen LogP contribution is -2.35. The van der Waals surface area contributed by atoms with E-state index in [0.29, 0.717) is 18.9 Å². The first-order valence-corrected chi connectivity index (χ1v) is 8.07. The van der Waals surface area contributed by atoms with E-state index in [2.05, 4.69) is 15.4 Å². The summed E-state index contributed by atoms with van der Waals surface area (Å²) in [5.41, 5.74) is 0.875. The normalized spacial score (nSPS) is 17.5. The molecule has 0 radical (unpaired) electrons. The minimum Gasteiger partial charge on any atom is -0.352 e. The van der Waals surface area contributed by atoms with E-state index in [0.717, 1.165) is 5.56 Å². The van der Waals surface area contributed by atoms with Gasteiger partial charge in [0.05, 0.1) is 5.92 Å². The quantitative estimate of drug-likeness (QED) is 0.893. The SMILES string of the molecule is CC(C)N1CC(C(=O)NCc2cccnc2-n2cccn2)CC1=O. The number of hydrogen-bond acceptors (Lipinski definition) is 4. The number of carbonyl (C=O) groups excluding carboxylic acids is 2. The summed E-state index contributed by atoms with van der Waals surface area (Å²) in [5, 5.41) is 7.11. The van der Waals surface area contributed by atoms with Gasteiger partial charge in [-0.25, -0.2) is 9.67 Å². The lowest BCUT2D eigenvalue weighted by atomic mass is 10.1. The highest BCUT2D eigenvalue weighted by molar-refractivity contribution is 5.89. The molecule has 3 heterocycles. The average Bonchev–Trinajstić information content (AvgIpc) is 3.22. The molecule has 126 valence electrons. The molecule has 1 N–H and O–H groups in total. The zero-order chi connectivity index (χ0) is 17.1. The van der Waals surface area contributed by atoms with E-state index in [4.69, 9.17) is 0 Å². The van der Waals surface area contributed by atoms with Crippen LogP contribution in [0.4, 0.5) is 0 Å². The van der Waals surface area contributed by atoms with Crippen LogP contribution in [-0.2, 0) is 16.1 Å². The molecular weight excluding hydrogens is 306 g/mol. The summed E-state index contributed by atoms with van der Waals surface area (Å²) in [6, 6.07) is 5.68. The van der Waals surface area contributed by atoms with Gasteiger partial charge in [-0.05, 0) is 26.0 Å². The highest BCUT2D eigenvalue weighted by atomic mass is 16.2. The van der Waals surface area contributed by atoms with Crippen LogP contribution < -0.4 is 5.32 Å². The van der Waals surface area contributed by atoms with Gasteiger partial charge < -0.3 is 10.2 Å². The van der Waals surface area contributed by atoms with Crippen LogP contribution in [0, 0.1) is 5.92 Å². The molecule has 0 aliphatic carbocycles. The maximum atomic E-state index is 12.4. The lowest BCUT2D eigenvalue weighted by molar-refractivity contribution is -0.130. The van der Waals surface area contributed by atoms with Crippen molar-refractivity contribution >= 4 is 11.8 Å². The highest BCUT2D eigenvalue weighted by Crippen LogP contribution is 2.20. The van der Waals surface area contributed by atoms with Gasteiger partial charge in [-0.3, -0.25) is 9.59 Å². The monoisotopic (exact) mass is 327 g/mol. The number of carbonyl (C=O) groups is 2. The van der Waals surface area contributed by atoms with E-state index in [9.17, 15) is 9.59 Å². The second-order valence-electron chi connectivity index (χ2n) is 6.20. The van der Waals surface area contributed by atoms with E-state index in [1.165, 1.54) is 0 Å². The van der Waals surface area contributed by atoms with Gasteiger partial charge >= 0.3 is 0 Å². The number of hydrogen-bond donors (Lipinski definition) is 1. The van der Waals surface area contributed by atoms with Gasteiger partial charge in [-0.2, -0.15) is 5.10 Å². The number of nitrogens with one attached hydrogen (secondary N) is 1. The van der Waals surface area contributed by atoms with Gasteiger partial charge in [0.2, 0.25) is 11.8 Å². The van der Waals surface area contributed by atoms with Crippen LogP contribution in [0.25, 0.3) is 5.82 Å². The summed E-state index contributed by atoms with van der Waals surface area (Å²) in [6.45, 7) is 4.77. The lowest BCUT2D eigenvalue weighted by Gasteiger charge is -2.20. The average molecular weight is 327 g/mol. The minimum atomic E-state index is -0.287. The molecule has 1 fully saturated rings. The van der Waals surface area contributed by atoms with E-state index in [-0.39, 0.29) is 30.2 Å². The van der Waals surface area contributed by atoms with Crippen LogP contribution in [0.2, 0.25) is 0 Å². The molecule has 1 aliphatic heterocycles. The van der Waals surface area contributed by atoms with Gasteiger partial charge in [0.25, 0.3) is 0 Å². The smallest absolute Gasteiger partial charge is 0.225 e. The van der Waals surface area contributed by atoms with Crippen molar-refractivity contribution in [3.63, 3.8) is 0 Å². The van der Waals surface area contributed by atoms with Gasteiger partial charge in [0, 0.05) is 49.7 Å². The van der Waals surface area contributed by atoms with Crippen LogP contribution >= 0.6 is 0 Å². The Kier molecular flexibility index (Phi) is 4.59. The largest absolute Gasteiger partial charge is 0.352 e. The molecular formula is C17H21N5O2. The number of pyridine rings is 1. The van der Waals surface area contributed by atoms with E-state index in [1.54, 1.807) is 22.0 Å². The third kappa shape index (κ3) is 3.29. The molecule has 0 saturated carbocycles. The van der Waals surface area contributed by atoms with E-state index >= 15 is 0 Å². The second kappa shape index (κ2) is 6.82. The first-order chi connectivity index (χ1) is 11.6. The summed E-state index contributed by atoms with van der Waals surface area (Å²) in [4.78, 5) is 30.4. The van der Waals surface area contributed by atoms with Crippen molar-refractivity contribution in [1.29, 1.82) is 0 Å². The summed E-state index contributed by atoms with van der Waals surface area (Å²) >= 11 is 0. The molecule has 0 bridgehead atoms. The summed E-state index contributed by atoms with van der Waals surface area (Å²) in [6.07, 6.45) is 5.47.